The number of unbranched alkanes of at least 4 members (excludes halogenated alkanes) is 1. The molecular weight excluding hydrogens is 300 g/mol. The average molecular weight is 328 g/mol. The zero-order valence-electron chi connectivity index (χ0n) is 13.9. The average Bonchev–Trinajstić information content (AvgIpc) is 2.78. The van der Waals surface area contributed by atoms with Gasteiger partial charge >= 0.3 is 5.97 Å². The molecule has 0 unspecified atom stereocenters. The van der Waals surface area contributed by atoms with Crippen LogP contribution in [0.2, 0.25) is 0 Å². The van der Waals surface area contributed by atoms with E-state index in [4.69, 9.17) is 4.84 Å². The summed E-state index contributed by atoms with van der Waals surface area (Å²) in [5, 5.41) is 3.33. The van der Waals surface area contributed by atoms with Crippen LogP contribution in [0.4, 0.5) is 0 Å². The lowest BCUT2D eigenvalue weighted by atomic mass is 10.1. The van der Waals surface area contributed by atoms with Gasteiger partial charge in [0, 0.05) is 33.7 Å². The second-order valence-electron chi connectivity index (χ2n) is 6.14. The van der Waals surface area contributed by atoms with E-state index in [1.807, 2.05) is 0 Å². The minimum atomic E-state index is -0.668. The Morgan fingerprint density at radius 2 is 1.78 bits per heavy atom. The summed E-state index contributed by atoms with van der Waals surface area (Å²) < 4.78 is 0. The molecule has 3 amide bonds. The summed E-state index contributed by atoms with van der Waals surface area (Å²) in [6.45, 7) is 4.98. The third-order valence-corrected chi connectivity index (χ3v) is 3.51. The number of nitrogens with one attached hydrogen (secondary N) is 1. The molecule has 0 aromatic carbocycles. The highest BCUT2D eigenvalue weighted by Gasteiger charge is 2.32. The summed E-state index contributed by atoms with van der Waals surface area (Å²) in [6, 6.07) is 0. The number of carbonyl (C=O) groups is 4. The van der Waals surface area contributed by atoms with E-state index in [9.17, 15) is 19.2 Å². The number of hydroxylamine groups is 2. The Labute approximate surface area is 138 Å². The van der Waals surface area contributed by atoms with Crippen molar-refractivity contribution in [3.63, 3.8) is 0 Å². The summed E-state index contributed by atoms with van der Waals surface area (Å²) >= 11 is 0. The molecule has 0 aliphatic carbocycles. The number of amides is 3. The van der Waals surface area contributed by atoms with Crippen LogP contribution in [0.5, 0.6) is 0 Å². The van der Waals surface area contributed by atoms with E-state index in [-0.39, 0.29) is 33.0 Å². The molecule has 1 saturated heterocycles. The van der Waals surface area contributed by atoms with Crippen LogP contribution in [-0.4, -0.2) is 35.3 Å². The maximum atomic E-state index is 11.6. The van der Waals surface area contributed by atoms with Gasteiger partial charge in [-0.1, -0.05) is 26.7 Å². The Hall–Kier alpha value is -1.92. The first-order valence-corrected chi connectivity index (χ1v) is 8.23. The molecular formula is C16H28N2O5. The SMILES string of the molecule is CC(C)CCCCNC(=O)CCCC(=O)ON1C(=O)CCC1=O.[HH]. The highest BCUT2D eigenvalue weighted by Crippen LogP contribution is 2.13. The second kappa shape index (κ2) is 9.97. The maximum Gasteiger partial charge on any atom is 0.333 e. The van der Waals surface area contributed by atoms with Crippen molar-refractivity contribution in [2.75, 3.05) is 6.54 Å². The first-order valence-electron chi connectivity index (χ1n) is 8.23. The van der Waals surface area contributed by atoms with Crippen molar-refractivity contribution in [3.8, 4) is 0 Å². The van der Waals surface area contributed by atoms with Crippen molar-refractivity contribution in [1.82, 2.24) is 10.4 Å². The fraction of sp³-hybridized carbons (Fsp3) is 0.750. The van der Waals surface area contributed by atoms with Crippen molar-refractivity contribution in [2.24, 2.45) is 5.92 Å². The molecule has 0 spiro atoms. The molecule has 7 nitrogen and oxygen atoms in total. The molecule has 0 saturated carbocycles. The summed E-state index contributed by atoms with van der Waals surface area (Å²) in [4.78, 5) is 50.4. The zero-order chi connectivity index (χ0) is 17.2. The van der Waals surface area contributed by atoms with Crippen LogP contribution >= 0.6 is 0 Å². The van der Waals surface area contributed by atoms with Crippen LogP contribution < -0.4 is 5.32 Å². The lowest BCUT2D eigenvalue weighted by Gasteiger charge is -2.12. The van der Waals surface area contributed by atoms with Gasteiger partial charge in [-0.05, 0) is 18.8 Å². The van der Waals surface area contributed by atoms with E-state index < -0.39 is 17.8 Å². The van der Waals surface area contributed by atoms with Gasteiger partial charge in [-0.3, -0.25) is 14.4 Å². The lowest BCUT2D eigenvalue weighted by molar-refractivity contribution is -0.197. The summed E-state index contributed by atoms with van der Waals surface area (Å²) in [5.74, 6) is -1.09. The Bertz CT molecular complexity index is 438. The van der Waals surface area contributed by atoms with Crippen molar-refractivity contribution >= 4 is 23.7 Å². The number of nitrogens with zero attached hydrogens (tertiary/aromatic N) is 1. The van der Waals surface area contributed by atoms with Gasteiger partial charge in [-0.2, -0.15) is 0 Å². The van der Waals surface area contributed by atoms with E-state index in [2.05, 4.69) is 19.2 Å². The molecule has 1 aliphatic rings. The number of carbonyl (C=O) groups excluding carboxylic acids is 4. The first-order chi connectivity index (χ1) is 10.9. The number of imide groups is 1. The molecule has 1 rings (SSSR count). The normalized spacial score (nSPS) is 14.5. The van der Waals surface area contributed by atoms with Gasteiger partial charge in [0.1, 0.15) is 0 Å². The fourth-order valence-electron chi connectivity index (χ4n) is 2.19. The quantitative estimate of drug-likeness (QED) is 0.489. The molecule has 7 heteroatoms. The molecule has 1 fully saturated rings. The molecule has 23 heavy (non-hydrogen) atoms. The first kappa shape index (κ1) is 19.1. The molecule has 132 valence electrons. The Balaban J connectivity index is 0.00000529. The Morgan fingerprint density at radius 3 is 2.39 bits per heavy atom. The highest BCUT2D eigenvalue weighted by atomic mass is 16.7. The Morgan fingerprint density at radius 1 is 1.13 bits per heavy atom. The standard InChI is InChI=1S/C16H26N2O5.H2/c1-12(2)6-3-4-11-17-13(19)7-5-8-16(22)23-18-14(20)9-10-15(18)21;/h12H,3-11H2,1-2H3,(H,17,19);1H. The van der Waals surface area contributed by atoms with Crippen molar-refractivity contribution in [3.05, 3.63) is 0 Å². The van der Waals surface area contributed by atoms with Gasteiger partial charge in [0.15, 0.2) is 0 Å². The van der Waals surface area contributed by atoms with Gasteiger partial charge in [-0.15, -0.1) is 5.06 Å². The summed E-state index contributed by atoms with van der Waals surface area (Å²) in [7, 11) is 0. The highest BCUT2D eigenvalue weighted by molar-refractivity contribution is 6.01. The Kier molecular flexibility index (Phi) is 8.29. The van der Waals surface area contributed by atoms with E-state index in [0.29, 0.717) is 23.9 Å². The van der Waals surface area contributed by atoms with Crippen LogP contribution in [-0.2, 0) is 24.0 Å². The summed E-state index contributed by atoms with van der Waals surface area (Å²) in [5.41, 5.74) is 0. The van der Waals surface area contributed by atoms with Crippen LogP contribution in [0.3, 0.4) is 0 Å². The molecule has 0 radical (unpaired) electrons. The van der Waals surface area contributed by atoms with Crippen LogP contribution in [0, 0.1) is 5.92 Å². The van der Waals surface area contributed by atoms with Gasteiger partial charge in [-0.25, -0.2) is 4.79 Å². The predicted octanol–water partition coefficient (Wildman–Crippen LogP) is 1.95. The van der Waals surface area contributed by atoms with Gasteiger partial charge in [0.2, 0.25) is 5.91 Å². The molecule has 0 aromatic rings. The minimum absolute atomic E-state index is 0. The minimum Gasteiger partial charge on any atom is -0.356 e. The largest absolute Gasteiger partial charge is 0.356 e. The molecule has 1 aliphatic heterocycles. The molecule has 1 N–H and O–H groups in total. The van der Waals surface area contributed by atoms with Crippen molar-refractivity contribution < 1.29 is 25.4 Å². The second-order valence-corrected chi connectivity index (χ2v) is 6.14. The number of hydrogen-bond acceptors (Lipinski definition) is 5. The maximum absolute atomic E-state index is 11.6. The van der Waals surface area contributed by atoms with Crippen LogP contribution in [0.25, 0.3) is 0 Å². The van der Waals surface area contributed by atoms with Crippen LogP contribution in [0.1, 0.15) is 66.6 Å². The third-order valence-electron chi connectivity index (χ3n) is 3.51. The van der Waals surface area contributed by atoms with E-state index in [1.165, 1.54) is 0 Å². The summed E-state index contributed by atoms with van der Waals surface area (Å²) in [6.07, 6.45) is 3.88. The molecule has 1 heterocycles. The number of rotatable bonds is 10. The van der Waals surface area contributed by atoms with E-state index in [0.717, 1.165) is 19.3 Å². The van der Waals surface area contributed by atoms with Gasteiger partial charge < -0.3 is 10.2 Å². The van der Waals surface area contributed by atoms with Crippen molar-refractivity contribution in [2.45, 2.75) is 65.2 Å². The van der Waals surface area contributed by atoms with E-state index >= 15 is 0 Å². The van der Waals surface area contributed by atoms with Gasteiger partial charge in [0.25, 0.3) is 11.8 Å². The number of hydrogen-bond donors (Lipinski definition) is 1. The van der Waals surface area contributed by atoms with Gasteiger partial charge in [0.05, 0.1) is 0 Å². The molecule has 0 aromatic heterocycles. The molecule has 0 atom stereocenters. The molecule has 0 bridgehead atoms. The predicted molar refractivity (Wildman–Crippen MR) is 84.8 cm³/mol. The monoisotopic (exact) mass is 328 g/mol. The van der Waals surface area contributed by atoms with E-state index in [1.54, 1.807) is 0 Å². The topological polar surface area (TPSA) is 92.8 Å². The zero-order valence-corrected chi connectivity index (χ0v) is 13.9. The lowest BCUT2D eigenvalue weighted by Crippen LogP contribution is -2.32. The van der Waals surface area contributed by atoms with Crippen molar-refractivity contribution in [1.29, 1.82) is 0 Å². The third kappa shape index (κ3) is 7.76. The smallest absolute Gasteiger partial charge is 0.333 e. The fourth-order valence-corrected chi connectivity index (χ4v) is 2.19. The van der Waals surface area contributed by atoms with Crippen LogP contribution in [0.15, 0.2) is 0 Å².